The average Bonchev–Trinajstić information content (AvgIpc) is 3.18. The standard InChI is InChI=1S/C28H24N2O4/c31-27(32)26(16-15-19-14-13-18-7-1-6-12-25(18)29-19)30-28(33)34-17-24-22-10-4-2-8-20(22)21-9-3-5-11-23(21)24/h1-14,24,26H,15-17H2,(H,30,33)(H,31,32)/t26-/m0/s1. The van der Waals surface area contributed by atoms with Gasteiger partial charge in [0, 0.05) is 17.0 Å². The number of ether oxygens (including phenoxy) is 1. The molecule has 2 N–H and O–H groups in total. The first-order valence-electron chi connectivity index (χ1n) is 11.3. The molecular formula is C28H24N2O4. The van der Waals surface area contributed by atoms with Gasteiger partial charge in [-0.25, -0.2) is 9.59 Å². The summed E-state index contributed by atoms with van der Waals surface area (Å²) in [5.41, 5.74) is 6.12. The lowest BCUT2D eigenvalue weighted by Crippen LogP contribution is -2.41. The first-order chi connectivity index (χ1) is 16.6. The number of hydrogen-bond donors (Lipinski definition) is 2. The Labute approximate surface area is 197 Å². The Balaban J connectivity index is 1.22. The summed E-state index contributed by atoms with van der Waals surface area (Å²) in [6.45, 7) is 0.137. The van der Waals surface area contributed by atoms with Gasteiger partial charge >= 0.3 is 12.1 Å². The molecule has 170 valence electrons. The third-order valence-electron chi connectivity index (χ3n) is 6.28. The van der Waals surface area contributed by atoms with E-state index in [4.69, 9.17) is 4.74 Å². The number of carboxylic acids is 1. The van der Waals surface area contributed by atoms with Gasteiger partial charge in [0.1, 0.15) is 12.6 Å². The number of rotatable bonds is 7. The predicted molar refractivity (Wildman–Crippen MR) is 130 cm³/mol. The van der Waals surface area contributed by atoms with Gasteiger partial charge in [0.25, 0.3) is 0 Å². The first kappa shape index (κ1) is 21.6. The van der Waals surface area contributed by atoms with Crippen molar-refractivity contribution in [1.82, 2.24) is 10.3 Å². The van der Waals surface area contributed by atoms with E-state index < -0.39 is 18.1 Å². The lowest BCUT2D eigenvalue weighted by Gasteiger charge is -2.17. The van der Waals surface area contributed by atoms with Gasteiger partial charge < -0.3 is 15.2 Å². The Morgan fingerprint density at radius 1 is 0.882 bits per heavy atom. The third kappa shape index (κ3) is 4.35. The molecule has 1 atom stereocenters. The molecule has 6 nitrogen and oxygen atoms in total. The minimum Gasteiger partial charge on any atom is -0.480 e. The monoisotopic (exact) mass is 452 g/mol. The highest BCUT2D eigenvalue weighted by atomic mass is 16.5. The number of aromatic nitrogens is 1. The van der Waals surface area contributed by atoms with Crippen LogP contribution in [0.2, 0.25) is 0 Å². The molecule has 0 radical (unpaired) electrons. The van der Waals surface area contributed by atoms with Crippen LogP contribution >= 0.6 is 0 Å². The van der Waals surface area contributed by atoms with Crippen molar-refractivity contribution in [2.45, 2.75) is 24.8 Å². The zero-order valence-electron chi connectivity index (χ0n) is 18.5. The molecule has 0 aliphatic heterocycles. The van der Waals surface area contributed by atoms with E-state index in [1.165, 1.54) is 0 Å². The van der Waals surface area contributed by atoms with Gasteiger partial charge in [-0.2, -0.15) is 0 Å². The summed E-state index contributed by atoms with van der Waals surface area (Å²) in [4.78, 5) is 28.9. The number of aryl methyl sites for hydroxylation is 1. The molecule has 1 aliphatic carbocycles. The maximum absolute atomic E-state index is 12.5. The molecule has 4 aromatic rings. The summed E-state index contributed by atoms with van der Waals surface area (Å²) in [5, 5.41) is 13.2. The van der Waals surface area contributed by atoms with Crippen LogP contribution in [-0.4, -0.2) is 34.8 Å². The highest BCUT2D eigenvalue weighted by Gasteiger charge is 2.29. The molecule has 1 aliphatic rings. The number of hydrogen-bond acceptors (Lipinski definition) is 4. The van der Waals surface area contributed by atoms with Gasteiger partial charge in [-0.3, -0.25) is 4.98 Å². The van der Waals surface area contributed by atoms with E-state index >= 15 is 0 Å². The van der Waals surface area contributed by atoms with E-state index in [0.717, 1.165) is 38.9 Å². The summed E-state index contributed by atoms with van der Waals surface area (Å²) >= 11 is 0. The SMILES string of the molecule is O=C(N[C@@H](CCc1ccc2ccccc2n1)C(=O)O)OCC1c2ccccc2-c2ccccc21. The zero-order chi connectivity index (χ0) is 23.5. The van der Waals surface area contributed by atoms with Crippen molar-refractivity contribution < 1.29 is 19.4 Å². The van der Waals surface area contributed by atoms with Crippen LogP contribution in [0.25, 0.3) is 22.0 Å². The normalized spacial score (nSPS) is 13.2. The minimum atomic E-state index is -1.10. The highest BCUT2D eigenvalue weighted by Crippen LogP contribution is 2.44. The number of para-hydroxylation sites is 1. The van der Waals surface area contributed by atoms with Crippen molar-refractivity contribution in [2.75, 3.05) is 6.61 Å². The van der Waals surface area contributed by atoms with Crippen molar-refractivity contribution >= 4 is 23.0 Å². The van der Waals surface area contributed by atoms with E-state index in [-0.39, 0.29) is 18.9 Å². The number of amides is 1. The summed E-state index contributed by atoms with van der Waals surface area (Å²) in [5.74, 6) is -1.18. The zero-order valence-corrected chi connectivity index (χ0v) is 18.5. The number of aliphatic carboxylic acids is 1. The average molecular weight is 453 g/mol. The number of nitrogens with one attached hydrogen (secondary N) is 1. The molecule has 0 fully saturated rings. The number of carbonyl (C=O) groups excluding carboxylic acids is 1. The first-order valence-corrected chi connectivity index (χ1v) is 11.3. The van der Waals surface area contributed by atoms with Crippen LogP contribution in [0.3, 0.4) is 0 Å². The molecule has 1 amide bonds. The van der Waals surface area contributed by atoms with Crippen LogP contribution in [0.15, 0.2) is 84.9 Å². The number of nitrogens with zero attached hydrogens (tertiary/aromatic N) is 1. The molecular weight excluding hydrogens is 428 g/mol. The molecule has 0 bridgehead atoms. The second kappa shape index (κ2) is 9.35. The highest BCUT2D eigenvalue weighted by molar-refractivity contribution is 5.81. The van der Waals surface area contributed by atoms with Crippen LogP contribution in [0, 0.1) is 0 Å². The van der Waals surface area contributed by atoms with E-state index in [2.05, 4.69) is 22.4 Å². The van der Waals surface area contributed by atoms with Gasteiger partial charge in [-0.05, 0) is 47.2 Å². The predicted octanol–water partition coefficient (Wildman–Crippen LogP) is 5.16. The molecule has 34 heavy (non-hydrogen) atoms. The summed E-state index contributed by atoms with van der Waals surface area (Å²) in [6, 6.07) is 26.7. The molecule has 6 heteroatoms. The maximum atomic E-state index is 12.5. The van der Waals surface area contributed by atoms with Gasteiger partial charge in [-0.1, -0.05) is 72.8 Å². The number of pyridine rings is 1. The van der Waals surface area contributed by atoms with Crippen LogP contribution < -0.4 is 5.32 Å². The quantitative estimate of drug-likeness (QED) is 0.404. The Kier molecular flexibility index (Phi) is 5.95. The van der Waals surface area contributed by atoms with Crippen molar-refractivity contribution in [1.29, 1.82) is 0 Å². The van der Waals surface area contributed by atoms with E-state index in [1.807, 2.05) is 72.8 Å². The molecule has 1 heterocycles. The second-order valence-electron chi connectivity index (χ2n) is 8.39. The lowest BCUT2D eigenvalue weighted by molar-refractivity contribution is -0.139. The maximum Gasteiger partial charge on any atom is 0.407 e. The molecule has 5 rings (SSSR count). The number of carboxylic acid groups (broad SMARTS) is 1. The fourth-order valence-electron chi connectivity index (χ4n) is 4.58. The lowest BCUT2D eigenvalue weighted by atomic mass is 9.98. The van der Waals surface area contributed by atoms with Crippen molar-refractivity contribution in [3.8, 4) is 11.1 Å². The fourth-order valence-corrected chi connectivity index (χ4v) is 4.58. The van der Waals surface area contributed by atoms with Crippen LogP contribution in [-0.2, 0) is 16.0 Å². The third-order valence-corrected chi connectivity index (χ3v) is 6.28. The molecule has 0 spiro atoms. The molecule has 0 saturated heterocycles. The summed E-state index contributed by atoms with van der Waals surface area (Å²) < 4.78 is 5.50. The number of alkyl carbamates (subject to hydrolysis) is 1. The molecule has 0 saturated carbocycles. The second-order valence-corrected chi connectivity index (χ2v) is 8.39. The molecule has 1 aromatic heterocycles. The molecule has 0 unspecified atom stereocenters. The van der Waals surface area contributed by atoms with E-state index in [1.54, 1.807) is 0 Å². The smallest absolute Gasteiger partial charge is 0.407 e. The van der Waals surface area contributed by atoms with Gasteiger partial charge in [0.05, 0.1) is 5.52 Å². The Morgan fingerprint density at radius 2 is 1.53 bits per heavy atom. The summed E-state index contributed by atoms with van der Waals surface area (Å²) in [7, 11) is 0. The van der Waals surface area contributed by atoms with Crippen molar-refractivity contribution in [2.24, 2.45) is 0 Å². The molecule has 3 aromatic carbocycles. The van der Waals surface area contributed by atoms with Crippen LogP contribution in [0.5, 0.6) is 0 Å². The minimum absolute atomic E-state index is 0.0803. The largest absolute Gasteiger partial charge is 0.480 e. The van der Waals surface area contributed by atoms with Crippen molar-refractivity contribution in [3.05, 3.63) is 102 Å². The van der Waals surface area contributed by atoms with Gasteiger partial charge in [0.15, 0.2) is 0 Å². The number of benzene rings is 3. The van der Waals surface area contributed by atoms with Gasteiger partial charge in [-0.15, -0.1) is 0 Å². The Morgan fingerprint density at radius 3 is 2.24 bits per heavy atom. The van der Waals surface area contributed by atoms with Crippen molar-refractivity contribution in [3.63, 3.8) is 0 Å². The number of carbonyl (C=O) groups is 2. The topological polar surface area (TPSA) is 88.5 Å². The van der Waals surface area contributed by atoms with Gasteiger partial charge in [0.2, 0.25) is 0 Å². The van der Waals surface area contributed by atoms with Crippen LogP contribution in [0.1, 0.15) is 29.2 Å². The van der Waals surface area contributed by atoms with Crippen LogP contribution in [0.4, 0.5) is 4.79 Å². The fraction of sp³-hybridized carbons (Fsp3) is 0.179. The van der Waals surface area contributed by atoms with E-state index in [0.29, 0.717) is 6.42 Å². The van der Waals surface area contributed by atoms with E-state index in [9.17, 15) is 14.7 Å². The Bertz CT molecular complexity index is 1320. The Hall–Kier alpha value is -4.19. The summed E-state index contributed by atoms with van der Waals surface area (Å²) in [6.07, 6.45) is -0.100. The number of fused-ring (bicyclic) bond motifs is 4.